The van der Waals surface area contributed by atoms with Gasteiger partial charge in [-0.2, -0.15) is 8.42 Å². The van der Waals surface area contributed by atoms with Crippen molar-refractivity contribution in [2.24, 2.45) is 0 Å². The van der Waals surface area contributed by atoms with E-state index in [2.05, 4.69) is 4.18 Å². The van der Waals surface area contributed by atoms with Crippen molar-refractivity contribution >= 4 is 10.1 Å². The van der Waals surface area contributed by atoms with Crippen LogP contribution in [0.5, 0.6) is 5.75 Å². The third-order valence-corrected chi connectivity index (χ3v) is 2.48. The summed E-state index contributed by atoms with van der Waals surface area (Å²) in [7, 11) is -3.75. The Morgan fingerprint density at radius 1 is 1.47 bits per heavy atom. The van der Waals surface area contributed by atoms with Gasteiger partial charge < -0.3 is 4.18 Å². The second-order valence-corrected chi connectivity index (χ2v) is 5.01. The smallest absolute Gasteiger partial charge is 0.306 e. The lowest BCUT2D eigenvalue weighted by molar-refractivity contribution is -0.524. The Balaban J connectivity index is 3.15. The second-order valence-electron chi connectivity index (χ2n) is 3.43. The molecule has 1 unspecified atom stereocenters. The molecule has 0 aliphatic carbocycles. The Labute approximate surface area is 97.3 Å². The highest BCUT2D eigenvalue weighted by molar-refractivity contribution is 7.86. The van der Waals surface area contributed by atoms with Crippen molar-refractivity contribution in [3.05, 3.63) is 39.7 Å². The van der Waals surface area contributed by atoms with Gasteiger partial charge in [0.2, 0.25) is 6.04 Å². The van der Waals surface area contributed by atoms with Crippen LogP contribution >= 0.6 is 0 Å². The first-order valence-corrected chi connectivity index (χ1v) is 6.35. The van der Waals surface area contributed by atoms with Crippen LogP contribution in [-0.4, -0.2) is 19.6 Å². The minimum absolute atomic E-state index is 0.155. The van der Waals surface area contributed by atoms with Crippen LogP contribution in [0.3, 0.4) is 0 Å². The van der Waals surface area contributed by atoms with Gasteiger partial charge in [-0.3, -0.25) is 10.1 Å². The molecule has 1 aromatic carbocycles. The van der Waals surface area contributed by atoms with Crippen molar-refractivity contribution < 1.29 is 21.9 Å². The van der Waals surface area contributed by atoms with Crippen molar-refractivity contribution in [1.29, 1.82) is 0 Å². The second kappa shape index (κ2) is 4.66. The SMILES string of the molecule is CC(c1cc(OS(C)(=O)=O)ccc1F)[N+](=O)[O-]. The molecule has 94 valence electrons. The standard InChI is InChI=1S/C9H10FNO5S/c1-6(11(12)13)8-5-7(3-4-9(8)10)16-17(2,14)15/h3-6H,1-2H3. The molecule has 0 amide bonds. The van der Waals surface area contributed by atoms with E-state index in [0.29, 0.717) is 0 Å². The predicted octanol–water partition coefficient (Wildman–Crippen LogP) is 1.50. The van der Waals surface area contributed by atoms with Gasteiger partial charge in [0.05, 0.1) is 11.8 Å². The van der Waals surface area contributed by atoms with E-state index in [9.17, 15) is 22.9 Å². The lowest BCUT2D eigenvalue weighted by Gasteiger charge is -2.08. The summed E-state index contributed by atoms with van der Waals surface area (Å²) in [6, 6.07) is 1.74. The van der Waals surface area contributed by atoms with E-state index in [1.54, 1.807) is 0 Å². The van der Waals surface area contributed by atoms with E-state index in [0.717, 1.165) is 24.5 Å². The zero-order chi connectivity index (χ0) is 13.2. The van der Waals surface area contributed by atoms with Crippen molar-refractivity contribution in [3.63, 3.8) is 0 Å². The van der Waals surface area contributed by atoms with Gasteiger partial charge in [-0.1, -0.05) is 0 Å². The van der Waals surface area contributed by atoms with Gasteiger partial charge in [-0.05, 0) is 18.2 Å². The molecule has 17 heavy (non-hydrogen) atoms. The molecule has 1 atom stereocenters. The molecular weight excluding hydrogens is 253 g/mol. The molecule has 0 aromatic heterocycles. The fraction of sp³-hybridized carbons (Fsp3) is 0.333. The number of nitrogens with zero attached hydrogens (tertiary/aromatic N) is 1. The van der Waals surface area contributed by atoms with Crippen molar-refractivity contribution in [2.45, 2.75) is 13.0 Å². The van der Waals surface area contributed by atoms with Gasteiger partial charge in [0.15, 0.2) is 0 Å². The first kappa shape index (κ1) is 13.4. The lowest BCUT2D eigenvalue weighted by atomic mass is 10.1. The number of benzene rings is 1. The molecule has 0 aliphatic heterocycles. The molecule has 0 radical (unpaired) electrons. The molecular formula is C9H10FNO5S. The van der Waals surface area contributed by atoms with Gasteiger partial charge in [0.1, 0.15) is 11.6 Å². The van der Waals surface area contributed by atoms with Crippen LogP contribution in [-0.2, 0) is 10.1 Å². The van der Waals surface area contributed by atoms with E-state index in [1.165, 1.54) is 6.92 Å². The van der Waals surface area contributed by atoms with Gasteiger partial charge in [-0.25, -0.2) is 4.39 Å². The summed E-state index contributed by atoms with van der Waals surface area (Å²) in [6.07, 6.45) is 0.826. The van der Waals surface area contributed by atoms with E-state index < -0.39 is 26.9 Å². The average molecular weight is 263 g/mol. The molecule has 0 fully saturated rings. The maximum absolute atomic E-state index is 13.3. The molecule has 0 spiro atoms. The highest BCUT2D eigenvalue weighted by Crippen LogP contribution is 2.25. The van der Waals surface area contributed by atoms with Gasteiger partial charge in [0, 0.05) is 11.8 Å². The number of hydrogen-bond donors (Lipinski definition) is 0. The third kappa shape index (κ3) is 3.66. The molecule has 0 saturated heterocycles. The highest BCUT2D eigenvalue weighted by atomic mass is 32.2. The van der Waals surface area contributed by atoms with Crippen LogP contribution < -0.4 is 4.18 Å². The minimum Gasteiger partial charge on any atom is -0.383 e. The minimum atomic E-state index is -3.75. The Morgan fingerprint density at radius 2 is 2.06 bits per heavy atom. The molecule has 1 rings (SSSR count). The van der Waals surface area contributed by atoms with Crippen LogP contribution in [0.4, 0.5) is 4.39 Å². The van der Waals surface area contributed by atoms with E-state index in [4.69, 9.17) is 0 Å². The zero-order valence-electron chi connectivity index (χ0n) is 9.08. The monoisotopic (exact) mass is 263 g/mol. The van der Waals surface area contributed by atoms with E-state index in [-0.39, 0.29) is 11.3 Å². The topological polar surface area (TPSA) is 86.5 Å². The van der Waals surface area contributed by atoms with Gasteiger partial charge >= 0.3 is 10.1 Å². The maximum Gasteiger partial charge on any atom is 0.306 e. The van der Waals surface area contributed by atoms with Gasteiger partial charge in [0.25, 0.3) is 0 Å². The molecule has 0 aliphatic rings. The Bertz CT molecular complexity index is 542. The molecule has 8 heteroatoms. The first-order chi connectivity index (χ1) is 7.70. The van der Waals surface area contributed by atoms with Gasteiger partial charge in [-0.15, -0.1) is 0 Å². The van der Waals surface area contributed by atoms with Crippen LogP contribution in [0.15, 0.2) is 18.2 Å². The fourth-order valence-electron chi connectivity index (χ4n) is 1.18. The Morgan fingerprint density at radius 3 is 2.53 bits per heavy atom. The van der Waals surface area contributed by atoms with E-state index >= 15 is 0 Å². The largest absolute Gasteiger partial charge is 0.383 e. The van der Waals surface area contributed by atoms with Crippen LogP contribution in [0.25, 0.3) is 0 Å². The molecule has 1 aromatic rings. The maximum atomic E-state index is 13.3. The van der Waals surface area contributed by atoms with Crippen molar-refractivity contribution in [1.82, 2.24) is 0 Å². The summed E-state index contributed by atoms with van der Waals surface area (Å²) < 4.78 is 39.5. The summed E-state index contributed by atoms with van der Waals surface area (Å²) in [5, 5.41) is 10.5. The van der Waals surface area contributed by atoms with Crippen LogP contribution in [0, 0.1) is 15.9 Å². The molecule has 0 N–H and O–H groups in total. The molecule has 0 bridgehead atoms. The molecule has 0 heterocycles. The Hall–Kier alpha value is -1.70. The number of nitro groups is 1. The summed E-state index contributed by atoms with van der Waals surface area (Å²) in [5.74, 6) is -0.937. The fourth-order valence-corrected chi connectivity index (χ4v) is 1.64. The number of halogens is 1. The predicted molar refractivity (Wildman–Crippen MR) is 57.3 cm³/mol. The third-order valence-electron chi connectivity index (χ3n) is 1.98. The van der Waals surface area contributed by atoms with Crippen LogP contribution in [0.2, 0.25) is 0 Å². The molecule has 0 saturated carbocycles. The quantitative estimate of drug-likeness (QED) is 0.466. The van der Waals surface area contributed by atoms with Crippen molar-refractivity contribution in [2.75, 3.05) is 6.26 Å². The zero-order valence-corrected chi connectivity index (χ0v) is 9.90. The summed E-state index contributed by atoms with van der Waals surface area (Å²) >= 11 is 0. The first-order valence-electron chi connectivity index (χ1n) is 4.53. The lowest BCUT2D eigenvalue weighted by Crippen LogP contribution is -2.10. The molecule has 6 nitrogen and oxygen atoms in total. The normalized spacial score (nSPS) is 13.1. The highest BCUT2D eigenvalue weighted by Gasteiger charge is 2.21. The van der Waals surface area contributed by atoms with E-state index in [1.807, 2.05) is 0 Å². The summed E-state index contributed by atoms with van der Waals surface area (Å²) in [4.78, 5) is 9.85. The number of rotatable bonds is 4. The summed E-state index contributed by atoms with van der Waals surface area (Å²) in [5.41, 5.74) is -0.226. The Kier molecular flexibility index (Phi) is 3.66. The van der Waals surface area contributed by atoms with Crippen LogP contribution in [0.1, 0.15) is 18.5 Å². The summed E-state index contributed by atoms with van der Waals surface area (Å²) in [6.45, 7) is 1.20. The van der Waals surface area contributed by atoms with Crippen molar-refractivity contribution in [3.8, 4) is 5.75 Å². The number of hydrogen-bond acceptors (Lipinski definition) is 5. The average Bonchev–Trinajstić information content (AvgIpc) is 2.17.